The SMILES string of the molecule is C=CCN(CCC(=O)O)C(C)C(=O)Nc1ccc(F)cc1. The van der Waals surface area contributed by atoms with Gasteiger partial charge < -0.3 is 10.4 Å². The van der Waals surface area contributed by atoms with Gasteiger partial charge in [0.1, 0.15) is 5.82 Å². The quantitative estimate of drug-likeness (QED) is 0.721. The number of amides is 1. The van der Waals surface area contributed by atoms with Crippen LogP contribution >= 0.6 is 0 Å². The molecule has 0 fully saturated rings. The van der Waals surface area contributed by atoms with E-state index in [0.717, 1.165) is 0 Å². The van der Waals surface area contributed by atoms with Crippen molar-refractivity contribution in [1.29, 1.82) is 0 Å². The van der Waals surface area contributed by atoms with Gasteiger partial charge in [-0.2, -0.15) is 0 Å². The summed E-state index contributed by atoms with van der Waals surface area (Å²) >= 11 is 0. The first-order valence-corrected chi connectivity index (χ1v) is 6.57. The Morgan fingerprint density at radius 1 is 1.43 bits per heavy atom. The van der Waals surface area contributed by atoms with Crippen LogP contribution < -0.4 is 5.32 Å². The zero-order chi connectivity index (χ0) is 15.8. The Hall–Kier alpha value is -2.21. The first-order valence-electron chi connectivity index (χ1n) is 6.57. The number of carbonyl (C=O) groups is 2. The van der Waals surface area contributed by atoms with Gasteiger partial charge >= 0.3 is 5.97 Å². The standard InChI is InChI=1S/C15H19FN2O3/c1-3-9-18(10-8-14(19)20)11(2)15(21)17-13-6-4-12(16)5-7-13/h3-7,11H,1,8-10H2,2H3,(H,17,21)(H,19,20). The third-order valence-electron chi connectivity index (χ3n) is 3.02. The highest BCUT2D eigenvalue weighted by Crippen LogP contribution is 2.10. The molecule has 0 aliphatic rings. The predicted molar refractivity (Wildman–Crippen MR) is 78.5 cm³/mol. The van der Waals surface area contributed by atoms with Crippen molar-refractivity contribution in [3.05, 3.63) is 42.7 Å². The molecule has 1 atom stereocenters. The van der Waals surface area contributed by atoms with Crippen LogP contribution in [-0.2, 0) is 9.59 Å². The molecule has 0 spiro atoms. The van der Waals surface area contributed by atoms with E-state index < -0.39 is 12.0 Å². The molecule has 0 heterocycles. The van der Waals surface area contributed by atoms with Crippen molar-refractivity contribution in [3.8, 4) is 0 Å². The summed E-state index contributed by atoms with van der Waals surface area (Å²) in [6, 6.07) is 4.93. The van der Waals surface area contributed by atoms with Gasteiger partial charge in [0, 0.05) is 18.8 Å². The van der Waals surface area contributed by atoms with E-state index in [1.54, 1.807) is 17.9 Å². The summed E-state index contributed by atoms with van der Waals surface area (Å²) in [5.41, 5.74) is 0.491. The Labute approximate surface area is 123 Å². The minimum Gasteiger partial charge on any atom is -0.481 e. The minimum absolute atomic E-state index is 0.0536. The maximum Gasteiger partial charge on any atom is 0.304 e. The van der Waals surface area contributed by atoms with E-state index in [-0.39, 0.29) is 24.7 Å². The van der Waals surface area contributed by atoms with Crippen LogP contribution in [0.5, 0.6) is 0 Å². The number of rotatable bonds is 8. The molecule has 1 aromatic carbocycles. The highest BCUT2D eigenvalue weighted by atomic mass is 19.1. The molecule has 1 unspecified atom stereocenters. The van der Waals surface area contributed by atoms with E-state index in [2.05, 4.69) is 11.9 Å². The molecule has 0 saturated carbocycles. The van der Waals surface area contributed by atoms with E-state index in [4.69, 9.17) is 5.11 Å². The zero-order valence-corrected chi connectivity index (χ0v) is 11.9. The number of halogens is 1. The average molecular weight is 294 g/mol. The fourth-order valence-electron chi connectivity index (χ4n) is 1.79. The Bertz CT molecular complexity index is 502. The fraction of sp³-hybridized carbons (Fsp3) is 0.333. The van der Waals surface area contributed by atoms with Gasteiger partial charge in [-0.1, -0.05) is 6.08 Å². The molecule has 1 rings (SSSR count). The third kappa shape index (κ3) is 5.74. The number of nitrogens with zero attached hydrogens (tertiary/aromatic N) is 1. The molecule has 0 aliphatic heterocycles. The lowest BCUT2D eigenvalue weighted by Crippen LogP contribution is -2.43. The van der Waals surface area contributed by atoms with Crippen LogP contribution in [0.3, 0.4) is 0 Å². The topological polar surface area (TPSA) is 69.6 Å². The summed E-state index contributed by atoms with van der Waals surface area (Å²) in [5.74, 6) is -1.58. The van der Waals surface area contributed by atoms with Gasteiger partial charge in [-0.3, -0.25) is 14.5 Å². The largest absolute Gasteiger partial charge is 0.481 e. The van der Waals surface area contributed by atoms with Crippen LogP contribution in [0.4, 0.5) is 10.1 Å². The summed E-state index contributed by atoms with van der Waals surface area (Å²) in [6.45, 7) is 5.94. The third-order valence-corrected chi connectivity index (χ3v) is 3.02. The number of anilines is 1. The van der Waals surface area contributed by atoms with Crippen molar-refractivity contribution < 1.29 is 19.1 Å². The predicted octanol–water partition coefficient (Wildman–Crippen LogP) is 2.12. The number of hydrogen-bond donors (Lipinski definition) is 2. The first kappa shape index (κ1) is 16.8. The monoisotopic (exact) mass is 294 g/mol. The van der Waals surface area contributed by atoms with E-state index in [9.17, 15) is 14.0 Å². The smallest absolute Gasteiger partial charge is 0.304 e. The molecular formula is C15H19FN2O3. The van der Waals surface area contributed by atoms with Crippen molar-refractivity contribution in [2.45, 2.75) is 19.4 Å². The lowest BCUT2D eigenvalue weighted by atomic mass is 10.2. The molecule has 1 amide bonds. The molecule has 114 valence electrons. The van der Waals surface area contributed by atoms with Gasteiger partial charge in [-0.15, -0.1) is 6.58 Å². The van der Waals surface area contributed by atoms with Crippen LogP contribution in [0.1, 0.15) is 13.3 Å². The van der Waals surface area contributed by atoms with Crippen molar-refractivity contribution in [3.63, 3.8) is 0 Å². The highest BCUT2D eigenvalue weighted by Gasteiger charge is 2.21. The number of carboxylic acid groups (broad SMARTS) is 1. The Balaban J connectivity index is 2.65. The highest BCUT2D eigenvalue weighted by molar-refractivity contribution is 5.94. The number of carboxylic acids is 1. The van der Waals surface area contributed by atoms with Gasteiger partial charge in [0.05, 0.1) is 12.5 Å². The van der Waals surface area contributed by atoms with Crippen molar-refractivity contribution in [2.75, 3.05) is 18.4 Å². The molecule has 5 nitrogen and oxygen atoms in total. The van der Waals surface area contributed by atoms with Crippen LogP contribution in [-0.4, -0.2) is 41.0 Å². The number of aliphatic carboxylic acids is 1. The number of benzene rings is 1. The molecule has 2 N–H and O–H groups in total. The zero-order valence-electron chi connectivity index (χ0n) is 11.9. The number of hydrogen-bond acceptors (Lipinski definition) is 3. The van der Waals surface area contributed by atoms with Crippen molar-refractivity contribution in [2.24, 2.45) is 0 Å². The second-order valence-electron chi connectivity index (χ2n) is 4.60. The Kier molecular flexibility index (Phi) is 6.55. The van der Waals surface area contributed by atoms with Crippen LogP contribution in [0.2, 0.25) is 0 Å². The van der Waals surface area contributed by atoms with Gasteiger partial charge in [0.25, 0.3) is 0 Å². The molecule has 21 heavy (non-hydrogen) atoms. The molecule has 0 saturated heterocycles. The molecule has 0 bridgehead atoms. The molecule has 6 heteroatoms. The van der Waals surface area contributed by atoms with Crippen molar-refractivity contribution >= 4 is 17.6 Å². The second kappa shape index (κ2) is 8.16. The molecule has 1 aromatic rings. The summed E-state index contributed by atoms with van der Waals surface area (Å²) in [6.07, 6.45) is 1.56. The lowest BCUT2D eigenvalue weighted by Gasteiger charge is -2.26. The van der Waals surface area contributed by atoms with Crippen LogP contribution in [0, 0.1) is 5.82 Å². The lowest BCUT2D eigenvalue weighted by molar-refractivity contribution is -0.138. The Morgan fingerprint density at radius 3 is 2.57 bits per heavy atom. The van der Waals surface area contributed by atoms with E-state index in [1.807, 2.05) is 0 Å². The van der Waals surface area contributed by atoms with Crippen LogP contribution in [0.25, 0.3) is 0 Å². The molecular weight excluding hydrogens is 275 g/mol. The van der Waals surface area contributed by atoms with E-state index >= 15 is 0 Å². The number of carbonyl (C=O) groups excluding carboxylic acids is 1. The number of nitrogens with one attached hydrogen (secondary N) is 1. The van der Waals surface area contributed by atoms with E-state index in [0.29, 0.717) is 12.2 Å². The van der Waals surface area contributed by atoms with E-state index in [1.165, 1.54) is 24.3 Å². The van der Waals surface area contributed by atoms with Gasteiger partial charge in [0.15, 0.2) is 0 Å². The molecule has 0 aliphatic carbocycles. The van der Waals surface area contributed by atoms with Crippen molar-refractivity contribution in [1.82, 2.24) is 4.90 Å². The minimum atomic E-state index is -0.921. The molecule has 0 aromatic heterocycles. The summed E-state index contributed by atoms with van der Waals surface area (Å²) < 4.78 is 12.8. The second-order valence-corrected chi connectivity index (χ2v) is 4.60. The average Bonchev–Trinajstić information content (AvgIpc) is 2.45. The maximum absolute atomic E-state index is 12.8. The first-order chi connectivity index (χ1) is 9.93. The Morgan fingerprint density at radius 2 is 2.05 bits per heavy atom. The summed E-state index contributed by atoms with van der Waals surface area (Å²) in [4.78, 5) is 24.5. The summed E-state index contributed by atoms with van der Waals surface area (Å²) in [5, 5.41) is 11.4. The van der Waals surface area contributed by atoms with Gasteiger partial charge in [-0.05, 0) is 31.2 Å². The maximum atomic E-state index is 12.8. The van der Waals surface area contributed by atoms with Gasteiger partial charge in [-0.25, -0.2) is 4.39 Å². The fourth-order valence-corrected chi connectivity index (χ4v) is 1.79. The summed E-state index contributed by atoms with van der Waals surface area (Å²) in [7, 11) is 0. The normalized spacial score (nSPS) is 12.0. The van der Waals surface area contributed by atoms with Gasteiger partial charge in [0.2, 0.25) is 5.91 Å². The molecule has 0 radical (unpaired) electrons. The van der Waals surface area contributed by atoms with Crippen LogP contribution in [0.15, 0.2) is 36.9 Å².